The zero-order valence-corrected chi connectivity index (χ0v) is 10.8. The van der Waals surface area contributed by atoms with Crippen molar-refractivity contribution in [2.45, 2.75) is 38.3 Å². The van der Waals surface area contributed by atoms with Crippen molar-refractivity contribution in [3.8, 4) is 0 Å². The van der Waals surface area contributed by atoms with Crippen molar-refractivity contribution in [3.05, 3.63) is 35.5 Å². The first-order valence-electron chi connectivity index (χ1n) is 6.81. The Morgan fingerprint density at radius 3 is 2.89 bits per heavy atom. The Morgan fingerprint density at radius 1 is 1.37 bits per heavy atom. The average Bonchev–Trinajstić information content (AvgIpc) is 3.05. The molecule has 3 N–H and O–H groups in total. The van der Waals surface area contributed by atoms with Gasteiger partial charge in [-0.25, -0.2) is 4.79 Å². The summed E-state index contributed by atoms with van der Waals surface area (Å²) in [4.78, 5) is 14.1. The molecular formula is C15H18N2O2. The first-order chi connectivity index (χ1) is 9.24. The van der Waals surface area contributed by atoms with E-state index in [4.69, 9.17) is 5.11 Å². The first-order valence-corrected chi connectivity index (χ1v) is 6.81. The van der Waals surface area contributed by atoms with Crippen LogP contribution in [0.25, 0.3) is 10.9 Å². The minimum Gasteiger partial charge on any atom is -0.478 e. The highest BCUT2D eigenvalue weighted by Gasteiger charge is 2.15. The van der Waals surface area contributed by atoms with Crippen molar-refractivity contribution in [3.63, 3.8) is 0 Å². The number of rotatable bonds is 4. The second kappa shape index (κ2) is 5.05. The van der Waals surface area contributed by atoms with Crippen LogP contribution >= 0.6 is 0 Å². The van der Waals surface area contributed by atoms with Crippen LogP contribution in [-0.2, 0) is 6.54 Å². The number of hydrogen-bond acceptors (Lipinski definition) is 2. The molecule has 1 fully saturated rings. The molecular weight excluding hydrogens is 240 g/mol. The molecule has 3 rings (SSSR count). The zero-order valence-electron chi connectivity index (χ0n) is 10.8. The number of carboxylic acids is 1. The largest absolute Gasteiger partial charge is 0.478 e. The van der Waals surface area contributed by atoms with Crippen LogP contribution in [-0.4, -0.2) is 22.1 Å². The van der Waals surface area contributed by atoms with Crippen LogP contribution in [0.2, 0.25) is 0 Å². The number of carboxylic acid groups (broad SMARTS) is 1. The van der Waals surface area contributed by atoms with Crippen LogP contribution in [0.1, 0.15) is 41.6 Å². The van der Waals surface area contributed by atoms with Gasteiger partial charge in [0, 0.05) is 29.7 Å². The molecule has 1 aliphatic carbocycles. The average molecular weight is 258 g/mol. The van der Waals surface area contributed by atoms with Gasteiger partial charge in [0.25, 0.3) is 0 Å². The molecule has 4 nitrogen and oxygen atoms in total. The van der Waals surface area contributed by atoms with Gasteiger partial charge in [-0.2, -0.15) is 0 Å². The lowest BCUT2D eigenvalue weighted by Gasteiger charge is -2.10. The third-order valence-electron chi connectivity index (χ3n) is 3.95. The van der Waals surface area contributed by atoms with E-state index in [2.05, 4.69) is 10.3 Å². The summed E-state index contributed by atoms with van der Waals surface area (Å²) in [6, 6.07) is 5.89. The van der Waals surface area contributed by atoms with Crippen LogP contribution in [0.15, 0.2) is 24.4 Å². The molecule has 1 aromatic carbocycles. The number of aromatic nitrogens is 1. The topological polar surface area (TPSA) is 65.1 Å². The van der Waals surface area contributed by atoms with Crippen LogP contribution in [0.3, 0.4) is 0 Å². The van der Waals surface area contributed by atoms with E-state index in [1.54, 1.807) is 12.1 Å². The van der Waals surface area contributed by atoms with Crippen molar-refractivity contribution in [2.24, 2.45) is 0 Å². The molecule has 0 bridgehead atoms. The second-order valence-electron chi connectivity index (χ2n) is 5.24. The van der Waals surface area contributed by atoms with E-state index in [-0.39, 0.29) is 0 Å². The molecule has 0 unspecified atom stereocenters. The summed E-state index contributed by atoms with van der Waals surface area (Å²) in [6.45, 7) is 0.844. The van der Waals surface area contributed by atoms with E-state index in [0.717, 1.165) is 17.4 Å². The molecule has 0 atom stereocenters. The molecule has 0 aliphatic heterocycles. The van der Waals surface area contributed by atoms with Gasteiger partial charge in [0.2, 0.25) is 0 Å². The summed E-state index contributed by atoms with van der Waals surface area (Å²) in [6.07, 6.45) is 7.16. The van der Waals surface area contributed by atoms with E-state index in [1.165, 1.54) is 31.2 Å². The maximum Gasteiger partial charge on any atom is 0.335 e. The van der Waals surface area contributed by atoms with Crippen LogP contribution in [0.5, 0.6) is 0 Å². The molecule has 0 saturated heterocycles. The van der Waals surface area contributed by atoms with Gasteiger partial charge in [0.05, 0.1) is 5.56 Å². The highest BCUT2D eigenvalue weighted by molar-refractivity contribution is 5.94. The van der Waals surface area contributed by atoms with E-state index in [0.29, 0.717) is 11.6 Å². The predicted octanol–water partition coefficient (Wildman–Crippen LogP) is 2.90. The van der Waals surface area contributed by atoms with Gasteiger partial charge in [0.15, 0.2) is 0 Å². The van der Waals surface area contributed by atoms with Crippen molar-refractivity contribution >= 4 is 16.9 Å². The minimum atomic E-state index is -0.887. The normalized spacial score (nSPS) is 16.2. The number of nitrogens with one attached hydrogen (secondary N) is 2. The van der Waals surface area contributed by atoms with Gasteiger partial charge < -0.3 is 15.4 Å². The summed E-state index contributed by atoms with van der Waals surface area (Å²) < 4.78 is 0. The van der Waals surface area contributed by atoms with Crippen LogP contribution in [0, 0.1) is 0 Å². The number of benzene rings is 1. The fourth-order valence-corrected chi connectivity index (χ4v) is 2.85. The smallest absolute Gasteiger partial charge is 0.335 e. The summed E-state index contributed by atoms with van der Waals surface area (Å²) in [5.41, 5.74) is 2.42. The third kappa shape index (κ3) is 2.49. The van der Waals surface area contributed by atoms with E-state index >= 15 is 0 Å². The minimum absolute atomic E-state index is 0.324. The van der Waals surface area contributed by atoms with E-state index in [1.807, 2.05) is 12.3 Å². The van der Waals surface area contributed by atoms with Gasteiger partial charge in [-0.15, -0.1) is 0 Å². The molecule has 2 aromatic rings. The molecule has 0 amide bonds. The second-order valence-corrected chi connectivity index (χ2v) is 5.24. The molecule has 1 heterocycles. The number of hydrogen-bond donors (Lipinski definition) is 3. The summed E-state index contributed by atoms with van der Waals surface area (Å²) in [5.74, 6) is -0.887. The van der Waals surface area contributed by atoms with Crippen molar-refractivity contribution in [1.82, 2.24) is 10.3 Å². The van der Waals surface area contributed by atoms with Crippen molar-refractivity contribution in [1.29, 1.82) is 0 Å². The Balaban J connectivity index is 1.78. The molecule has 1 aliphatic rings. The Hall–Kier alpha value is -1.81. The highest BCUT2D eigenvalue weighted by atomic mass is 16.4. The first kappa shape index (κ1) is 12.2. The summed E-state index contributed by atoms with van der Waals surface area (Å²) >= 11 is 0. The lowest BCUT2D eigenvalue weighted by molar-refractivity contribution is 0.0697. The van der Waals surface area contributed by atoms with Crippen LogP contribution in [0.4, 0.5) is 0 Å². The molecule has 1 saturated carbocycles. The molecule has 1 aromatic heterocycles. The lowest BCUT2D eigenvalue weighted by Crippen LogP contribution is -2.25. The molecule has 19 heavy (non-hydrogen) atoms. The van der Waals surface area contributed by atoms with Crippen molar-refractivity contribution in [2.75, 3.05) is 0 Å². The monoisotopic (exact) mass is 258 g/mol. The number of carbonyl (C=O) groups is 1. The maximum absolute atomic E-state index is 10.9. The maximum atomic E-state index is 10.9. The molecule has 0 radical (unpaired) electrons. The van der Waals surface area contributed by atoms with Gasteiger partial charge in [-0.1, -0.05) is 18.9 Å². The predicted molar refractivity (Wildman–Crippen MR) is 74.4 cm³/mol. The van der Waals surface area contributed by atoms with Gasteiger partial charge in [-0.3, -0.25) is 0 Å². The fourth-order valence-electron chi connectivity index (χ4n) is 2.85. The van der Waals surface area contributed by atoms with Gasteiger partial charge >= 0.3 is 5.97 Å². The SMILES string of the molecule is O=C(O)c1ccc2c(CNC3CCCC3)c[nH]c2c1. The number of aromatic carboxylic acids is 1. The fraction of sp³-hybridized carbons (Fsp3) is 0.400. The lowest BCUT2D eigenvalue weighted by atomic mass is 10.1. The molecule has 100 valence electrons. The highest BCUT2D eigenvalue weighted by Crippen LogP contribution is 2.22. The van der Waals surface area contributed by atoms with E-state index in [9.17, 15) is 4.79 Å². The Kier molecular flexibility index (Phi) is 3.25. The number of H-pyrrole nitrogens is 1. The molecule has 0 spiro atoms. The Bertz CT molecular complexity index is 597. The van der Waals surface area contributed by atoms with Crippen molar-refractivity contribution < 1.29 is 9.90 Å². The standard InChI is InChI=1S/C15H18N2O2/c18-15(19)10-5-6-13-11(9-17-14(13)7-10)8-16-12-3-1-2-4-12/h5-7,9,12,16-17H,1-4,8H2,(H,18,19). The quantitative estimate of drug-likeness (QED) is 0.790. The summed E-state index contributed by atoms with van der Waals surface area (Å²) in [7, 11) is 0. The Labute approximate surface area is 111 Å². The van der Waals surface area contributed by atoms with Gasteiger partial charge in [-0.05, 0) is 30.5 Å². The Morgan fingerprint density at radius 2 is 2.16 bits per heavy atom. The third-order valence-corrected chi connectivity index (χ3v) is 3.95. The number of aromatic amines is 1. The molecule has 4 heteroatoms. The van der Waals surface area contributed by atoms with Crippen LogP contribution < -0.4 is 5.32 Å². The summed E-state index contributed by atoms with van der Waals surface area (Å²) in [5, 5.41) is 13.7. The van der Waals surface area contributed by atoms with E-state index < -0.39 is 5.97 Å². The number of fused-ring (bicyclic) bond motifs is 1. The van der Waals surface area contributed by atoms with Gasteiger partial charge in [0.1, 0.15) is 0 Å². The zero-order chi connectivity index (χ0) is 13.2.